The number of hydrogen-bond donors (Lipinski definition) is 4. The quantitative estimate of drug-likeness (QED) is 0.440. The molecule has 30 heavy (non-hydrogen) atoms. The Balaban J connectivity index is 0.000000248. The van der Waals surface area contributed by atoms with E-state index >= 15 is 0 Å². The number of ether oxygens (including phenoxy) is 1. The molecule has 1 aliphatic heterocycles. The van der Waals surface area contributed by atoms with Crippen molar-refractivity contribution in [2.24, 2.45) is 10.7 Å². The first-order valence-electron chi connectivity index (χ1n) is 9.51. The number of aliphatic hydroxyl groups excluding tert-OH is 2. The number of benzene rings is 1. The molecule has 0 aromatic heterocycles. The first kappa shape index (κ1) is 23.9. The number of allylic oxidation sites excluding steroid dienone is 2. The monoisotopic (exact) mass is 422 g/mol. The van der Waals surface area contributed by atoms with E-state index in [2.05, 4.69) is 24.6 Å². The van der Waals surface area contributed by atoms with Gasteiger partial charge in [-0.1, -0.05) is 30.4 Å². The van der Waals surface area contributed by atoms with Crippen molar-refractivity contribution in [3.05, 3.63) is 71.5 Å². The average molecular weight is 422 g/mol. The highest BCUT2D eigenvalue weighted by Crippen LogP contribution is 2.36. The molecule has 0 radical (unpaired) electrons. The Labute approximate surface area is 174 Å². The lowest BCUT2D eigenvalue weighted by Crippen LogP contribution is -2.45. The van der Waals surface area contributed by atoms with Crippen molar-refractivity contribution in [2.75, 3.05) is 0 Å². The van der Waals surface area contributed by atoms with E-state index in [4.69, 9.17) is 10.5 Å². The summed E-state index contributed by atoms with van der Waals surface area (Å²) in [5.74, 6) is -1.56. The molecule has 0 bridgehead atoms. The molecule has 5 N–H and O–H groups in total. The van der Waals surface area contributed by atoms with Crippen molar-refractivity contribution < 1.29 is 28.8 Å². The number of aliphatic imine (C=N–C) groups is 1. The van der Waals surface area contributed by atoms with Gasteiger partial charge in [-0.2, -0.15) is 0 Å². The summed E-state index contributed by atoms with van der Waals surface area (Å²) in [7, 11) is 0. The van der Waals surface area contributed by atoms with Crippen LogP contribution in [-0.2, 0) is 10.3 Å². The second-order valence-corrected chi connectivity index (χ2v) is 7.52. The Morgan fingerprint density at radius 1 is 1.30 bits per heavy atom. The SMILES string of the molecule is C=CN=C(N)C1=C(C)CC=C1.CC1OC(C(C)(O)c2ccc(F)c(F)c2)C(O)C1O. The van der Waals surface area contributed by atoms with Crippen LogP contribution in [0.1, 0.15) is 32.8 Å². The fourth-order valence-corrected chi connectivity index (χ4v) is 3.37. The molecule has 1 aromatic rings. The van der Waals surface area contributed by atoms with E-state index in [0.29, 0.717) is 5.84 Å². The third-order valence-corrected chi connectivity index (χ3v) is 5.24. The predicted octanol–water partition coefficient (Wildman–Crippen LogP) is 2.44. The second kappa shape index (κ2) is 9.61. The minimum atomic E-state index is -1.75. The molecule has 0 amide bonds. The van der Waals surface area contributed by atoms with Crippen LogP contribution >= 0.6 is 0 Å². The summed E-state index contributed by atoms with van der Waals surface area (Å²) in [6.07, 6.45) is 2.30. The van der Waals surface area contributed by atoms with E-state index in [9.17, 15) is 24.1 Å². The van der Waals surface area contributed by atoms with Crippen LogP contribution in [0.25, 0.3) is 0 Å². The third-order valence-electron chi connectivity index (χ3n) is 5.24. The van der Waals surface area contributed by atoms with Crippen LogP contribution in [0.15, 0.2) is 59.3 Å². The van der Waals surface area contributed by atoms with Gasteiger partial charge in [-0.25, -0.2) is 13.8 Å². The molecule has 5 unspecified atom stereocenters. The normalized spacial score (nSPS) is 28.2. The average Bonchev–Trinajstić information content (AvgIpc) is 3.23. The van der Waals surface area contributed by atoms with Crippen molar-refractivity contribution >= 4 is 5.84 Å². The molecule has 6 nitrogen and oxygen atoms in total. The van der Waals surface area contributed by atoms with Crippen molar-refractivity contribution in [1.82, 2.24) is 0 Å². The van der Waals surface area contributed by atoms with Gasteiger partial charge in [0.25, 0.3) is 0 Å². The van der Waals surface area contributed by atoms with Gasteiger partial charge in [0.05, 0.1) is 6.10 Å². The fourth-order valence-electron chi connectivity index (χ4n) is 3.37. The first-order chi connectivity index (χ1) is 14.0. The molecule has 0 saturated carbocycles. The Bertz CT molecular complexity index is 880. The van der Waals surface area contributed by atoms with Gasteiger partial charge in [-0.3, -0.25) is 0 Å². The van der Waals surface area contributed by atoms with Crippen LogP contribution in [-0.4, -0.2) is 45.6 Å². The van der Waals surface area contributed by atoms with Gasteiger partial charge in [0.15, 0.2) is 11.6 Å². The number of halogens is 2. The summed E-state index contributed by atoms with van der Waals surface area (Å²) in [5, 5.41) is 29.9. The number of nitrogens with two attached hydrogens (primary N) is 1. The molecule has 3 rings (SSSR count). The van der Waals surface area contributed by atoms with Crippen molar-refractivity contribution in [3.63, 3.8) is 0 Å². The lowest BCUT2D eigenvalue weighted by molar-refractivity contribution is -0.122. The molecular weight excluding hydrogens is 394 g/mol. The molecule has 2 aliphatic rings. The number of hydrogen-bond acceptors (Lipinski definition) is 5. The standard InChI is InChI=1S/C13H16F2O4.C9H12N2/c1-6-10(16)11(17)12(19-6)13(2,18)7-3-4-8(14)9(15)5-7;1-3-11-9(10)8-6-4-5-7(8)2/h3-6,10-12,16-18H,1-2H3;3-4,6H,1,5H2,2H3,(H2,10,11). The van der Waals surface area contributed by atoms with E-state index in [-0.39, 0.29) is 5.56 Å². The highest BCUT2D eigenvalue weighted by Gasteiger charge is 2.50. The zero-order valence-corrected chi connectivity index (χ0v) is 17.2. The van der Waals surface area contributed by atoms with Crippen LogP contribution in [0.5, 0.6) is 0 Å². The first-order valence-corrected chi connectivity index (χ1v) is 9.51. The summed E-state index contributed by atoms with van der Waals surface area (Å²) in [6, 6.07) is 2.95. The van der Waals surface area contributed by atoms with Gasteiger partial charge in [-0.05, 0) is 44.9 Å². The maximum Gasteiger partial charge on any atom is 0.159 e. The Morgan fingerprint density at radius 2 is 1.97 bits per heavy atom. The van der Waals surface area contributed by atoms with Gasteiger partial charge < -0.3 is 25.8 Å². The minimum Gasteiger partial charge on any atom is -0.388 e. The van der Waals surface area contributed by atoms with Crippen LogP contribution in [0.4, 0.5) is 8.78 Å². The Kier molecular flexibility index (Phi) is 7.65. The molecule has 8 heteroatoms. The minimum absolute atomic E-state index is 0.0664. The van der Waals surface area contributed by atoms with Crippen molar-refractivity contribution in [3.8, 4) is 0 Å². The molecule has 1 aromatic carbocycles. The lowest BCUT2D eigenvalue weighted by atomic mass is 9.86. The summed E-state index contributed by atoms with van der Waals surface area (Å²) >= 11 is 0. The highest BCUT2D eigenvalue weighted by molar-refractivity contribution is 6.01. The number of amidine groups is 1. The van der Waals surface area contributed by atoms with Crippen molar-refractivity contribution in [2.45, 2.75) is 57.2 Å². The van der Waals surface area contributed by atoms with E-state index < -0.39 is 41.7 Å². The maximum atomic E-state index is 13.2. The molecule has 0 spiro atoms. The van der Waals surface area contributed by atoms with Crippen LogP contribution < -0.4 is 5.73 Å². The summed E-state index contributed by atoms with van der Waals surface area (Å²) in [5.41, 5.74) is 6.28. The summed E-state index contributed by atoms with van der Waals surface area (Å²) in [6.45, 7) is 8.41. The zero-order chi connectivity index (χ0) is 22.6. The lowest BCUT2D eigenvalue weighted by Gasteiger charge is -2.32. The molecule has 1 heterocycles. The van der Waals surface area contributed by atoms with Gasteiger partial charge >= 0.3 is 0 Å². The summed E-state index contributed by atoms with van der Waals surface area (Å²) < 4.78 is 31.4. The molecule has 1 fully saturated rings. The summed E-state index contributed by atoms with van der Waals surface area (Å²) in [4.78, 5) is 3.91. The molecule has 1 aliphatic carbocycles. The fraction of sp³-hybridized carbons (Fsp3) is 0.409. The van der Waals surface area contributed by atoms with Gasteiger partial charge in [0.2, 0.25) is 0 Å². The Morgan fingerprint density at radius 3 is 2.43 bits per heavy atom. The molecular formula is C22H28F2N2O4. The largest absolute Gasteiger partial charge is 0.388 e. The highest BCUT2D eigenvalue weighted by atomic mass is 19.2. The van der Waals surface area contributed by atoms with Gasteiger partial charge in [-0.15, -0.1) is 0 Å². The van der Waals surface area contributed by atoms with Crippen molar-refractivity contribution in [1.29, 1.82) is 0 Å². The predicted molar refractivity (Wildman–Crippen MR) is 111 cm³/mol. The molecule has 1 saturated heterocycles. The molecule has 5 atom stereocenters. The van der Waals surface area contributed by atoms with Crippen LogP contribution in [0.2, 0.25) is 0 Å². The van der Waals surface area contributed by atoms with Gasteiger partial charge in [0.1, 0.15) is 29.7 Å². The second-order valence-electron chi connectivity index (χ2n) is 7.52. The number of aliphatic hydroxyl groups is 3. The Hall–Kier alpha value is -2.39. The van der Waals surface area contributed by atoms with Crippen LogP contribution in [0.3, 0.4) is 0 Å². The van der Waals surface area contributed by atoms with E-state index in [1.807, 2.05) is 6.08 Å². The number of nitrogens with zero attached hydrogens (tertiary/aromatic N) is 1. The molecule has 164 valence electrons. The topological polar surface area (TPSA) is 108 Å². The zero-order valence-electron chi connectivity index (χ0n) is 17.2. The smallest absolute Gasteiger partial charge is 0.159 e. The van der Waals surface area contributed by atoms with E-state index in [0.717, 1.165) is 24.1 Å². The third kappa shape index (κ3) is 5.02. The van der Waals surface area contributed by atoms with E-state index in [1.165, 1.54) is 24.8 Å². The number of rotatable bonds is 4. The van der Waals surface area contributed by atoms with E-state index in [1.54, 1.807) is 6.92 Å². The van der Waals surface area contributed by atoms with Crippen LogP contribution in [0, 0.1) is 11.6 Å². The maximum absolute atomic E-state index is 13.2. The van der Waals surface area contributed by atoms with Gasteiger partial charge in [0, 0.05) is 11.8 Å².